The molecule has 0 aliphatic carbocycles. The smallest absolute Gasteiger partial charge is 0.232 e. The van der Waals surface area contributed by atoms with Crippen molar-refractivity contribution in [2.24, 2.45) is 5.92 Å². The Hall–Kier alpha value is -1.56. The van der Waals surface area contributed by atoms with Crippen LogP contribution in [0.4, 0.5) is 0 Å². The molecule has 0 saturated carbocycles. The van der Waals surface area contributed by atoms with E-state index in [1.807, 2.05) is 35.2 Å². The SMILES string of the molecule is CCCCN(C)C(=O)C1CCN(C(=O)CSCc2cccnc2)CC1. The zero-order valence-corrected chi connectivity index (χ0v) is 16.1. The Balaban J connectivity index is 1.68. The van der Waals surface area contributed by atoms with Gasteiger partial charge in [-0.15, -0.1) is 11.8 Å². The number of pyridine rings is 1. The summed E-state index contributed by atoms with van der Waals surface area (Å²) >= 11 is 1.62. The van der Waals surface area contributed by atoms with E-state index in [4.69, 9.17) is 0 Å². The molecule has 138 valence electrons. The van der Waals surface area contributed by atoms with Crippen molar-refractivity contribution in [3.8, 4) is 0 Å². The first kappa shape index (κ1) is 19.8. The van der Waals surface area contributed by atoms with Gasteiger partial charge in [-0.1, -0.05) is 19.4 Å². The predicted molar refractivity (Wildman–Crippen MR) is 102 cm³/mol. The summed E-state index contributed by atoms with van der Waals surface area (Å²) in [5.41, 5.74) is 1.14. The fourth-order valence-corrected chi connectivity index (χ4v) is 3.89. The number of carbonyl (C=O) groups is 2. The normalized spacial score (nSPS) is 15.2. The van der Waals surface area contributed by atoms with Crippen molar-refractivity contribution < 1.29 is 9.59 Å². The van der Waals surface area contributed by atoms with Crippen LogP contribution in [-0.4, -0.2) is 59.0 Å². The molecule has 1 fully saturated rings. The fraction of sp³-hybridized carbons (Fsp3) is 0.632. The molecule has 0 aromatic carbocycles. The quantitative estimate of drug-likeness (QED) is 0.713. The summed E-state index contributed by atoms with van der Waals surface area (Å²) in [4.78, 5) is 32.6. The van der Waals surface area contributed by atoms with Gasteiger partial charge in [0, 0.05) is 50.7 Å². The van der Waals surface area contributed by atoms with E-state index >= 15 is 0 Å². The first-order chi connectivity index (χ1) is 12.1. The molecule has 1 saturated heterocycles. The van der Waals surface area contributed by atoms with E-state index in [1.165, 1.54) is 0 Å². The number of carbonyl (C=O) groups excluding carboxylic acids is 2. The van der Waals surface area contributed by atoms with Gasteiger partial charge in [-0.05, 0) is 30.9 Å². The van der Waals surface area contributed by atoms with Gasteiger partial charge in [0.15, 0.2) is 0 Å². The minimum Gasteiger partial charge on any atom is -0.346 e. The van der Waals surface area contributed by atoms with Crippen molar-refractivity contribution in [2.75, 3.05) is 32.4 Å². The van der Waals surface area contributed by atoms with E-state index in [0.29, 0.717) is 18.8 Å². The summed E-state index contributed by atoms with van der Waals surface area (Å²) in [7, 11) is 1.89. The summed E-state index contributed by atoms with van der Waals surface area (Å²) in [5.74, 6) is 1.79. The molecule has 0 bridgehead atoms. The van der Waals surface area contributed by atoms with E-state index in [0.717, 1.165) is 43.5 Å². The van der Waals surface area contributed by atoms with Crippen LogP contribution in [0.3, 0.4) is 0 Å². The number of thioether (sulfide) groups is 1. The number of hydrogen-bond donors (Lipinski definition) is 0. The van der Waals surface area contributed by atoms with Crippen LogP contribution >= 0.6 is 11.8 Å². The van der Waals surface area contributed by atoms with Crippen LogP contribution in [0.1, 0.15) is 38.2 Å². The maximum absolute atomic E-state index is 12.4. The molecule has 2 amide bonds. The maximum Gasteiger partial charge on any atom is 0.232 e. The summed E-state index contributed by atoms with van der Waals surface area (Å²) in [6.45, 7) is 4.36. The Morgan fingerprint density at radius 2 is 2.12 bits per heavy atom. The lowest BCUT2D eigenvalue weighted by Gasteiger charge is -2.33. The Labute approximate surface area is 155 Å². The molecule has 0 atom stereocenters. The highest BCUT2D eigenvalue weighted by molar-refractivity contribution is 7.99. The number of nitrogens with zero attached hydrogens (tertiary/aromatic N) is 3. The molecule has 0 spiro atoms. The second-order valence-electron chi connectivity index (χ2n) is 6.62. The van der Waals surface area contributed by atoms with Gasteiger partial charge in [-0.3, -0.25) is 14.6 Å². The number of piperidine rings is 1. The lowest BCUT2D eigenvalue weighted by Crippen LogP contribution is -2.44. The van der Waals surface area contributed by atoms with Gasteiger partial charge in [0.25, 0.3) is 0 Å². The van der Waals surface area contributed by atoms with Gasteiger partial charge < -0.3 is 9.80 Å². The van der Waals surface area contributed by atoms with Crippen LogP contribution in [0.25, 0.3) is 0 Å². The first-order valence-corrected chi connectivity index (χ1v) is 10.3. The summed E-state index contributed by atoms with van der Waals surface area (Å²) in [6.07, 6.45) is 7.31. The Kier molecular flexibility index (Phi) is 8.25. The van der Waals surface area contributed by atoms with Crippen molar-refractivity contribution >= 4 is 23.6 Å². The topological polar surface area (TPSA) is 53.5 Å². The fourth-order valence-electron chi connectivity index (χ4n) is 3.02. The Bertz CT molecular complexity index is 545. The largest absolute Gasteiger partial charge is 0.346 e. The van der Waals surface area contributed by atoms with Crippen molar-refractivity contribution in [2.45, 2.75) is 38.4 Å². The van der Waals surface area contributed by atoms with Gasteiger partial charge in [0.1, 0.15) is 0 Å². The van der Waals surface area contributed by atoms with Gasteiger partial charge in [-0.2, -0.15) is 0 Å². The standard InChI is InChI=1S/C19H29N3O2S/c1-3-4-10-21(2)19(24)17-7-11-22(12-8-17)18(23)15-25-14-16-6-5-9-20-13-16/h5-6,9,13,17H,3-4,7-8,10-12,14-15H2,1-2H3. The highest BCUT2D eigenvalue weighted by Crippen LogP contribution is 2.21. The molecule has 2 rings (SSSR count). The third kappa shape index (κ3) is 6.34. The minimum absolute atomic E-state index is 0.0777. The van der Waals surface area contributed by atoms with Gasteiger partial charge in [-0.25, -0.2) is 0 Å². The third-order valence-corrected chi connectivity index (χ3v) is 5.63. The van der Waals surface area contributed by atoms with E-state index in [1.54, 1.807) is 18.0 Å². The number of hydrogen-bond acceptors (Lipinski definition) is 4. The Morgan fingerprint density at radius 1 is 1.36 bits per heavy atom. The monoisotopic (exact) mass is 363 g/mol. The Morgan fingerprint density at radius 3 is 2.76 bits per heavy atom. The number of rotatable bonds is 8. The number of amides is 2. The van der Waals surface area contributed by atoms with E-state index < -0.39 is 0 Å². The molecular formula is C19H29N3O2S. The van der Waals surface area contributed by atoms with E-state index in [9.17, 15) is 9.59 Å². The average molecular weight is 364 g/mol. The van der Waals surface area contributed by atoms with Crippen molar-refractivity contribution in [3.63, 3.8) is 0 Å². The van der Waals surface area contributed by atoms with Crippen LogP contribution in [0.5, 0.6) is 0 Å². The molecule has 2 heterocycles. The summed E-state index contributed by atoms with van der Waals surface area (Å²) in [6, 6.07) is 3.94. The predicted octanol–water partition coefficient (Wildman–Crippen LogP) is 2.81. The lowest BCUT2D eigenvalue weighted by molar-refractivity contribution is -0.138. The van der Waals surface area contributed by atoms with Gasteiger partial charge >= 0.3 is 0 Å². The number of likely N-dealkylation sites (tertiary alicyclic amines) is 1. The molecule has 1 aromatic heterocycles. The molecule has 25 heavy (non-hydrogen) atoms. The summed E-state index contributed by atoms with van der Waals surface area (Å²) in [5, 5.41) is 0. The molecule has 1 aliphatic rings. The summed E-state index contributed by atoms with van der Waals surface area (Å²) < 4.78 is 0. The highest BCUT2D eigenvalue weighted by atomic mass is 32.2. The first-order valence-electron chi connectivity index (χ1n) is 9.11. The highest BCUT2D eigenvalue weighted by Gasteiger charge is 2.28. The molecule has 1 aromatic rings. The third-order valence-electron chi connectivity index (χ3n) is 4.64. The van der Waals surface area contributed by atoms with Crippen molar-refractivity contribution in [1.29, 1.82) is 0 Å². The van der Waals surface area contributed by atoms with Crippen LogP contribution in [0.2, 0.25) is 0 Å². The van der Waals surface area contributed by atoms with Crippen LogP contribution in [0.15, 0.2) is 24.5 Å². The molecule has 5 nitrogen and oxygen atoms in total. The molecule has 0 radical (unpaired) electrons. The van der Waals surface area contributed by atoms with Gasteiger partial charge in [0.05, 0.1) is 5.75 Å². The van der Waals surface area contributed by atoms with Crippen LogP contribution in [0, 0.1) is 5.92 Å². The molecule has 0 unspecified atom stereocenters. The van der Waals surface area contributed by atoms with Crippen LogP contribution in [-0.2, 0) is 15.3 Å². The minimum atomic E-state index is 0.0777. The maximum atomic E-state index is 12.4. The average Bonchev–Trinajstić information content (AvgIpc) is 2.66. The molecule has 6 heteroatoms. The van der Waals surface area contributed by atoms with Crippen molar-refractivity contribution in [1.82, 2.24) is 14.8 Å². The van der Waals surface area contributed by atoms with Gasteiger partial charge in [0.2, 0.25) is 11.8 Å². The second kappa shape index (κ2) is 10.4. The molecule has 1 aliphatic heterocycles. The molecular weight excluding hydrogens is 334 g/mol. The second-order valence-corrected chi connectivity index (χ2v) is 7.61. The number of unbranched alkanes of at least 4 members (excludes halogenated alkanes) is 1. The molecule has 0 N–H and O–H groups in total. The lowest BCUT2D eigenvalue weighted by atomic mass is 9.95. The van der Waals surface area contributed by atoms with Crippen LogP contribution < -0.4 is 0 Å². The van der Waals surface area contributed by atoms with E-state index in [2.05, 4.69) is 11.9 Å². The van der Waals surface area contributed by atoms with E-state index in [-0.39, 0.29) is 17.7 Å². The zero-order valence-electron chi connectivity index (χ0n) is 15.3. The zero-order chi connectivity index (χ0) is 18.1. The number of aromatic nitrogens is 1. The van der Waals surface area contributed by atoms with Crippen molar-refractivity contribution in [3.05, 3.63) is 30.1 Å².